The molecule has 2 heterocycles. The zero-order valence-electron chi connectivity index (χ0n) is 27.3. The number of fused-ring (bicyclic) bond motifs is 1. The van der Waals surface area contributed by atoms with Crippen LogP contribution in [0.5, 0.6) is 11.5 Å². The third-order valence-corrected chi connectivity index (χ3v) is 10.3. The third-order valence-electron chi connectivity index (χ3n) is 9.46. The van der Waals surface area contributed by atoms with Crippen LogP contribution in [0.3, 0.4) is 0 Å². The first-order chi connectivity index (χ1) is 22.9. The Labute approximate surface area is 289 Å². The van der Waals surface area contributed by atoms with Crippen LogP contribution in [0.15, 0.2) is 60.7 Å². The van der Waals surface area contributed by atoms with E-state index >= 15 is 0 Å². The van der Waals surface area contributed by atoms with Crippen LogP contribution < -0.4 is 25.0 Å². The smallest absolute Gasteiger partial charge is 0.251 e. The standard InChI is InChI=1S/C36H43IN6O4/c1-38-35(44)24-10-12-28(20-24)43-31-22-25(11-13-30(31)40-34(43)26-21-29(37)33(47-3)32(23-26)46-2)36(45)39-14-7-15-41-16-18-42(19-17-41)27-8-5-4-6-9-27/h4-6,8-9,11,13,21-24,28H,7,10,12,14-20H2,1-3H3,(H,38,44)(H,39,45). The second kappa shape index (κ2) is 14.9. The highest BCUT2D eigenvalue weighted by atomic mass is 127. The molecule has 2 N–H and O–H groups in total. The van der Waals surface area contributed by atoms with Crippen molar-refractivity contribution in [1.82, 2.24) is 25.1 Å². The van der Waals surface area contributed by atoms with Gasteiger partial charge in [-0.1, -0.05) is 18.2 Å². The van der Waals surface area contributed by atoms with Crippen molar-refractivity contribution < 1.29 is 19.1 Å². The van der Waals surface area contributed by atoms with Gasteiger partial charge >= 0.3 is 0 Å². The van der Waals surface area contributed by atoms with E-state index in [2.05, 4.69) is 77.9 Å². The van der Waals surface area contributed by atoms with Crippen molar-refractivity contribution in [3.8, 4) is 22.9 Å². The number of para-hydroxylation sites is 1. The van der Waals surface area contributed by atoms with Crippen molar-refractivity contribution in [2.45, 2.75) is 31.7 Å². The number of nitrogens with zero attached hydrogens (tertiary/aromatic N) is 4. The second-order valence-corrected chi connectivity index (χ2v) is 13.4. The molecule has 4 aromatic rings. The molecule has 248 valence electrons. The van der Waals surface area contributed by atoms with Gasteiger partial charge in [-0.3, -0.25) is 14.5 Å². The number of nitrogens with one attached hydrogen (secondary N) is 2. The predicted octanol–water partition coefficient (Wildman–Crippen LogP) is 5.35. The number of carbonyl (C=O) groups is 2. The van der Waals surface area contributed by atoms with E-state index in [0.717, 1.165) is 78.0 Å². The van der Waals surface area contributed by atoms with Crippen LogP contribution >= 0.6 is 22.6 Å². The van der Waals surface area contributed by atoms with Gasteiger partial charge in [0.05, 0.1) is 28.8 Å². The average Bonchev–Trinajstić information content (AvgIpc) is 3.75. The van der Waals surface area contributed by atoms with Crippen LogP contribution in [0.1, 0.15) is 42.1 Å². The maximum atomic E-state index is 13.4. The van der Waals surface area contributed by atoms with Crippen LogP contribution in [0, 0.1) is 9.49 Å². The fourth-order valence-corrected chi connectivity index (χ4v) is 7.79. The average molecular weight is 751 g/mol. The Morgan fingerprint density at radius 2 is 1.77 bits per heavy atom. The molecular weight excluding hydrogens is 707 g/mol. The van der Waals surface area contributed by atoms with Crippen molar-refractivity contribution in [3.05, 3.63) is 69.8 Å². The minimum Gasteiger partial charge on any atom is -0.493 e. The maximum Gasteiger partial charge on any atom is 0.251 e. The van der Waals surface area contributed by atoms with Crippen molar-refractivity contribution in [1.29, 1.82) is 0 Å². The molecular formula is C36H43IN6O4. The highest BCUT2D eigenvalue weighted by Gasteiger charge is 2.33. The SMILES string of the molecule is CNC(=O)C1CCC(n2c(-c3cc(I)c(OC)c(OC)c3)nc3ccc(C(=O)NCCCN4CCN(c5ccccc5)CC4)cc32)C1. The molecule has 3 aromatic carbocycles. The zero-order valence-corrected chi connectivity index (χ0v) is 29.5. The lowest BCUT2D eigenvalue weighted by molar-refractivity contribution is -0.124. The molecule has 1 saturated carbocycles. The number of carbonyl (C=O) groups excluding carboxylic acids is 2. The highest BCUT2D eigenvalue weighted by Crippen LogP contribution is 2.42. The molecule has 10 nitrogen and oxygen atoms in total. The number of amides is 2. The summed E-state index contributed by atoms with van der Waals surface area (Å²) in [5, 5.41) is 5.96. The van der Waals surface area contributed by atoms with Gasteiger partial charge in [-0.25, -0.2) is 4.98 Å². The quantitative estimate of drug-likeness (QED) is 0.158. The van der Waals surface area contributed by atoms with Crippen LogP contribution in [0.2, 0.25) is 0 Å². The van der Waals surface area contributed by atoms with Crippen LogP contribution in [-0.4, -0.2) is 86.8 Å². The lowest BCUT2D eigenvalue weighted by Gasteiger charge is -2.36. The van der Waals surface area contributed by atoms with E-state index < -0.39 is 0 Å². The summed E-state index contributed by atoms with van der Waals surface area (Å²) >= 11 is 2.25. The van der Waals surface area contributed by atoms with Gasteiger partial charge in [0.1, 0.15) is 5.82 Å². The molecule has 1 saturated heterocycles. The number of benzene rings is 3. The van der Waals surface area contributed by atoms with Gasteiger partial charge in [-0.05, 0) is 97.3 Å². The van der Waals surface area contributed by atoms with E-state index in [0.29, 0.717) is 30.0 Å². The maximum absolute atomic E-state index is 13.4. The number of piperazine rings is 1. The fraction of sp³-hybridized carbons (Fsp3) is 0.417. The lowest BCUT2D eigenvalue weighted by Crippen LogP contribution is -2.47. The summed E-state index contributed by atoms with van der Waals surface area (Å²) in [6, 6.07) is 20.3. The number of imidazole rings is 1. The molecule has 47 heavy (non-hydrogen) atoms. The Morgan fingerprint density at radius 3 is 2.49 bits per heavy atom. The monoisotopic (exact) mass is 750 g/mol. The Balaban J connectivity index is 1.17. The minimum atomic E-state index is -0.0922. The molecule has 1 aromatic heterocycles. The van der Waals surface area contributed by atoms with Crippen LogP contribution in [0.25, 0.3) is 22.4 Å². The molecule has 1 aliphatic carbocycles. The van der Waals surface area contributed by atoms with Gasteiger partial charge in [-0.2, -0.15) is 0 Å². The predicted molar refractivity (Wildman–Crippen MR) is 193 cm³/mol. The summed E-state index contributed by atoms with van der Waals surface area (Å²) in [5.74, 6) is 2.00. The Bertz CT molecular complexity index is 1720. The normalized spacial score (nSPS) is 18.3. The molecule has 2 aliphatic rings. The van der Waals surface area contributed by atoms with Crippen molar-refractivity contribution in [3.63, 3.8) is 0 Å². The van der Waals surface area contributed by atoms with Gasteiger partial charge in [0.15, 0.2) is 11.5 Å². The number of hydrogen-bond donors (Lipinski definition) is 2. The number of aromatic nitrogens is 2. The number of rotatable bonds is 11. The second-order valence-electron chi connectivity index (χ2n) is 12.3. The topological polar surface area (TPSA) is 101 Å². The van der Waals surface area contributed by atoms with E-state index in [9.17, 15) is 9.59 Å². The van der Waals surface area contributed by atoms with Crippen molar-refractivity contribution >= 4 is 51.1 Å². The first-order valence-corrected chi connectivity index (χ1v) is 17.4. The molecule has 2 atom stereocenters. The van der Waals surface area contributed by atoms with Gasteiger partial charge in [0.2, 0.25) is 5.91 Å². The highest BCUT2D eigenvalue weighted by molar-refractivity contribution is 14.1. The van der Waals surface area contributed by atoms with Gasteiger partial charge in [0.25, 0.3) is 5.91 Å². The van der Waals surface area contributed by atoms with Crippen molar-refractivity contribution in [2.24, 2.45) is 5.92 Å². The van der Waals surface area contributed by atoms with Gasteiger partial charge < -0.3 is 29.6 Å². The summed E-state index contributed by atoms with van der Waals surface area (Å²) in [4.78, 5) is 35.9. The summed E-state index contributed by atoms with van der Waals surface area (Å²) in [6.45, 7) is 5.63. The Hall–Kier alpha value is -3.84. The number of hydrogen-bond acceptors (Lipinski definition) is 7. The molecule has 0 spiro atoms. The Kier molecular flexibility index (Phi) is 10.5. The first-order valence-electron chi connectivity index (χ1n) is 16.4. The fourth-order valence-electron chi connectivity index (χ4n) is 6.96. The summed E-state index contributed by atoms with van der Waals surface area (Å²) in [6.07, 6.45) is 3.24. The van der Waals surface area contributed by atoms with Crippen molar-refractivity contribution in [2.75, 3.05) is 65.4 Å². The number of methoxy groups -OCH3 is 2. The van der Waals surface area contributed by atoms with Gasteiger partial charge in [0, 0.05) is 68.5 Å². The zero-order chi connectivity index (χ0) is 32.9. The number of ether oxygens (including phenoxy) is 2. The molecule has 6 rings (SSSR count). The summed E-state index contributed by atoms with van der Waals surface area (Å²) in [7, 11) is 4.95. The van der Waals surface area contributed by atoms with E-state index in [-0.39, 0.29) is 23.8 Å². The largest absolute Gasteiger partial charge is 0.493 e. The summed E-state index contributed by atoms with van der Waals surface area (Å²) < 4.78 is 14.4. The van der Waals surface area contributed by atoms with Gasteiger partial charge in [-0.15, -0.1) is 0 Å². The number of halogens is 1. The molecule has 0 bridgehead atoms. The van der Waals surface area contributed by atoms with E-state index in [1.54, 1.807) is 21.3 Å². The molecule has 2 amide bonds. The molecule has 1 aliphatic heterocycles. The minimum absolute atomic E-state index is 0.0590. The Morgan fingerprint density at radius 1 is 0.979 bits per heavy atom. The van der Waals surface area contributed by atoms with E-state index in [1.165, 1.54) is 5.69 Å². The molecule has 11 heteroatoms. The van der Waals surface area contributed by atoms with E-state index in [1.807, 2.05) is 30.3 Å². The van der Waals surface area contributed by atoms with E-state index in [4.69, 9.17) is 14.5 Å². The molecule has 2 fully saturated rings. The molecule has 2 unspecified atom stereocenters. The first kappa shape index (κ1) is 33.1. The summed E-state index contributed by atoms with van der Waals surface area (Å²) in [5.41, 5.74) is 4.46. The lowest BCUT2D eigenvalue weighted by atomic mass is 10.1. The van der Waals surface area contributed by atoms with Crippen LogP contribution in [-0.2, 0) is 4.79 Å². The van der Waals surface area contributed by atoms with Crippen LogP contribution in [0.4, 0.5) is 5.69 Å². The molecule has 0 radical (unpaired) electrons. The number of anilines is 1. The third kappa shape index (κ3) is 7.20.